The van der Waals surface area contributed by atoms with E-state index in [2.05, 4.69) is 30.2 Å². The molecule has 0 amide bonds. The number of aromatic nitrogens is 6. The third-order valence-corrected chi connectivity index (χ3v) is 3.95. The SMILES string of the molecule is Cn1c2[n+](c3c1nc1ncccn13)Cc1ncccc1-2. The average Bonchev–Trinajstić information content (AvgIpc) is 3.10. The van der Waals surface area contributed by atoms with Gasteiger partial charge in [-0.2, -0.15) is 9.38 Å². The predicted molar refractivity (Wildman–Crippen MR) is 72.0 cm³/mol. The minimum Gasteiger partial charge on any atom is -0.257 e. The maximum Gasteiger partial charge on any atom is 0.299 e. The zero-order valence-electron chi connectivity index (χ0n) is 10.9. The first-order valence-corrected chi connectivity index (χ1v) is 6.50. The van der Waals surface area contributed by atoms with Crippen LogP contribution < -0.4 is 4.57 Å². The standard InChI is InChI=1S/C14H11N6/c1-18-11-13(19-7-3-6-16-14(19)17-11)20-8-10-9(12(18)20)4-2-5-15-10/h2-7H,8H2,1H3/q+1. The Morgan fingerprint density at radius 3 is 3.05 bits per heavy atom. The van der Waals surface area contributed by atoms with Crippen LogP contribution in [0.2, 0.25) is 0 Å². The molecule has 0 unspecified atom stereocenters. The topological polar surface area (TPSA) is 51.9 Å². The molecule has 1 aliphatic rings. The van der Waals surface area contributed by atoms with Crippen molar-refractivity contribution >= 4 is 17.1 Å². The quantitative estimate of drug-likeness (QED) is 0.391. The van der Waals surface area contributed by atoms with Gasteiger partial charge in [0.05, 0.1) is 24.5 Å². The summed E-state index contributed by atoms with van der Waals surface area (Å²) in [5.41, 5.74) is 4.32. The van der Waals surface area contributed by atoms with Crippen LogP contribution in [0.1, 0.15) is 5.69 Å². The van der Waals surface area contributed by atoms with Crippen LogP contribution in [0.3, 0.4) is 0 Å². The van der Waals surface area contributed by atoms with Crippen LogP contribution in [0, 0.1) is 0 Å². The first-order valence-electron chi connectivity index (χ1n) is 6.50. The third-order valence-electron chi connectivity index (χ3n) is 3.95. The van der Waals surface area contributed by atoms with E-state index in [1.807, 2.05) is 36.0 Å². The molecule has 5 rings (SSSR count). The molecule has 96 valence electrons. The molecule has 0 fully saturated rings. The fourth-order valence-corrected chi connectivity index (χ4v) is 3.11. The number of rotatable bonds is 0. The Morgan fingerprint density at radius 1 is 1.20 bits per heavy atom. The molecule has 0 atom stereocenters. The maximum atomic E-state index is 4.62. The van der Waals surface area contributed by atoms with Gasteiger partial charge in [-0.3, -0.25) is 4.98 Å². The molecule has 4 aromatic rings. The van der Waals surface area contributed by atoms with Crippen molar-refractivity contribution in [1.29, 1.82) is 0 Å². The van der Waals surface area contributed by atoms with Crippen molar-refractivity contribution < 1.29 is 4.57 Å². The van der Waals surface area contributed by atoms with Gasteiger partial charge in [-0.05, 0) is 18.2 Å². The Labute approximate surface area is 114 Å². The van der Waals surface area contributed by atoms with Crippen molar-refractivity contribution in [2.24, 2.45) is 7.05 Å². The van der Waals surface area contributed by atoms with Gasteiger partial charge in [-0.25, -0.2) is 14.1 Å². The third kappa shape index (κ3) is 1.01. The summed E-state index contributed by atoms with van der Waals surface area (Å²) in [5.74, 6) is 1.89. The number of aryl methyl sites for hydroxylation is 1. The lowest BCUT2D eigenvalue weighted by Crippen LogP contribution is -2.32. The van der Waals surface area contributed by atoms with E-state index >= 15 is 0 Å². The van der Waals surface area contributed by atoms with Crippen molar-refractivity contribution in [3.05, 3.63) is 42.5 Å². The van der Waals surface area contributed by atoms with Crippen molar-refractivity contribution in [3.63, 3.8) is 0 Å². The second kappa shape index (κ2) is 3.22. The molecule has 6 heteroatoms. The molecule has 0 saturated heterocycles. The number of pyridine rings is 1. The molecule has 0 N–H and O–H groups in total. The summed E-state index contributed by atoms with van der Waals surface area (Å²) in [7, 11) is 2.04. The van der Waals surface area contributed by atoms with E-state index in [9.17, 15) is 0 Å². The van der Waals surface area contributed by atoms with Gasteiger partial charge in [0, 0.05) is 12.4 Å². The van der Waals surface area contributed by atoms with Crippen LogP contribution in [0.5, 0.6) is 0 Å². The number of fused-ring (bicyclic) bond motifs is 7. The molecule has 0 spiro atoms. The smallest absolute Gasteiger partial charge is 0.257 e. The van der Waals surface area contributed by atoms with E-state index in [-0.39, 0.29) is 0 Å². The van der Waals surface area contributed by atoms with Crippen LogP contribution in [-0.4, -0.2) is 23.9 Å². The summed E-state index contributed by atoms with van der Waals surface area (Å²) in [6, 6.07) is 6.02. The summed E-state index contributed by atoms with van der Waals surface area (Å²) in [6.07, 6.45) is 5.61. The minimum absolute atomic E-state index is 0.729. The van der Waals surface area contributed by atoms with Crippen molar-refractivity contribution in [2.45, 2.75) is 6.54 Å². The van der Waals surface area contributed by atoms with Crippen LogP contribution in [0.15, 0.2) is 36.8 Å². The molecular formula is C14H11N6+. The fraction of sp³-hybridized carbons (Fsp3) is 0.143. The summed E-state index contributed by atoms with van der Waals surface area (Å²) in [6.45, 7) is 0.783. The second-order valence-electron chi connectivity index (χ2n) is 5.02. The number of nitrogens with zero attached hydrogens (tertiary/aromatic N) is 6. The summed E-state index contributed by atoms with van der Waals surface area (Å²) < 4.78 is 6.41. The van der Waals surface area contributed by atoms with Crippen LogP contribution in [-0.2, 0) is 13.6 Å². The summed E-state index contributed by atoms with van der Waals surface area (Å²) in [5, 5.41) is 0. The molecule has 20 heavy (non-hydrogen) atoms. The minimum atomic E-state index is 0.729. The van der Waals surface area contributed by atoms with Gasteiger partial charge in [0.25, 0.3) is 17.1 Å². The molecule has 6 nitrogen and oxygen atoms in total. The lowest BCUT2D eigenvalue weighted by Gasteiger charge is -1.94. The number of imidazole rings is 2. The highest BCUT2D eigenvalue weighted by atomic mass is 15.3. The molecule has 5 heterocycles. The predicted octanol–water partition coefficient (Wildman–Crippen LogP) is 0.932. The Morgan fingerprint density at radius 2 is 2.10 bits per heavy atom. The normalized spacial score (nSPS) is 13.1. The zero-order chi connectivity index (χ0) is 13.3. The van der Waals surface area contributed by atoms with Crippen molar-refractivity contribution in [2.75, 3.05) is 0 Å². The average molecular weight is 263 g/mol. The van der Waals surface area contributed by atoms with E-state index in [0.29, 0.717) is 0 Å². The summed E-state index contributed by atoms with van der Waals surface area (Å²) >= 11 is 0. The monoisotopic (exact) mass is 263 g/mol. The Kier molecular flexibility index (Phi) is 1.62. The van der Waals surface area contributed by atoms with Crippen LogP contribution >= 0.6 is 0 Å². The number of hydrogen-bond donors (Lipinski definition) is 0. The highest BCUT2D eigenvalue weighted by Crippen LogP contribution is 2.29. The highest BCUT2D eigenvalue weighted by molar-refractivity contribution is 5.75. The largest absolute Gasteiger partial charge is 0.299 e. The van der Waals surface area contributed by atoms with Gasteiger partial charge >= 0.3 is 0 Å². The molecule has 0 saturated carbocycles. The van der Waals surface area contributed by atoms with Crippen molar-refractivity contribution in [3.8, 4) is 11.4 Å². The van der Waals surface area contributed by atoms with E-state index in [1.165, 1.54) is 5.56 Å². The van der Waals surface area contributed by atoms with Crippen LogP contribution in [0.25, 0.3) is 28.5 Å². The lowest BCUT2D eigenvalue weighted by atomic mass is 10.2. The van der Waals surface area contributed by atoms with E-state index in [1.54, 1.807) is 6.20 Å². The van der Waals surface area contributed by atoms with Gasteiger partial charge in [-0.1, -0.05) is 0 Å². The van der Waals surface area contributed by atoms with Crippen molar-refractivity contribution in [1.82, 2.24) is 23.9 Å². The van der Waals surface area contributed by atoms with Gasteiger partial charge in [0.2, 0.25) is 5.82 Å². The van der Waals surface area contributed by atoms with E-state index in [4.69, 9.17) is 0 Å². The van der Waals surface area contributed by atoms with Crippen LogP contribution in [0.4, 0.5) is 0 Å². The molecule has 0 aliphatic carbocycles. The molecule has 4 aromatic heterocycles. The molecular weight excluding hydrogens is 252 g/mol. The van der Waals surface area contributed by atoms with E-state index < -0.39 is 0 Å². The number of hydrogen-bond acceptors (Lipinski definition) is 3. The Bertz CT molecular complexity index is 994. The highest BCUT2D eigenvalue weighted by Gasteiger charge is 2.34. The first-order chi connectivity index (χ1) is 9.84. The van der Waals surface area contributed by atoms with E-state index in [0.717, 1.165) is 35.1 Å². The Balaban J connectivity index is 1.99. The molecule has 0 aromatic carbocycles. The molecule has 0 radical (unpaired) electrons. The zero-order valence-corrected chi connectivity index (χ0v) is 10.9. The summed E-state index contributed by atoms with van der Waals surface area (Å²) in [4.78, 5) is 13.4. The fourth-order valence-electron chi connectivity index (χ4n) is 3.11. The first kappa shape index (κ1) is 10.1. The van der Waals surface area contributed by atoms with Gasteiger partial charge in [-0.15, -0.1) is 0 Å². The van der Waals surface area contributed by atoms with Gasteiger partial charge in [0.1, 0.15) is 6.54 Å². The van der Waals surface area contributed by atoms with Gasteiger partial charge in [0.15, 0.2) is 0 Å². The molecule has 0 bridgehead atoms. The lowest BCUT2D eigenvalue weighted by molar-refractivity contribution is -0.648. The maximum absolute atomic E-state index is 4.62. The molecule has 1 aliphatic heterocycles. The Hall–Kier alpha value is -2.76. The van der Waals surface area contributed by atoms with Gasteiger partial charge < -0.3 is 0 Å². The second-order valence-corrected chi connectivity index (χ2v) is 5.02.